The third kappa shape index (κ3) is 2.76. The van der Waals surface area contributed by atoms with E-state index in [2.05, 4.69) is 31.2 Å². The lowest BCUT2D eigenvalue weighted by Crippen LogP contribution is -2.64. The maximum atomic E-state index is 12.6. The summed E-state index contributed by atoms with van der Waals surface area (Å²) in [5, 5.41) is 27.7. The van der Waals surface area contributed by atoms with Crippen molar-refractivity contribution in [3.63, 3.8) is 0 Å². The summed E-state index contributed by atoms with van der Waals surface area (Å²) < 4.78 is 1.53. The van der Waals surface area contributed by atoms with Crippen molar-refractivity contribution in [1.29, 1.82) is 0 Å². The number of guanidine groups is 1. The number of carboxylic acids is 1. The van der Waals surface area contributed by atoms with E-state index < -0.39 is 12.0 Å². The van der Waals surface area contributed by atoms with Gasteiger partial charge >= 0.3 is 5.97 Å². The molecule has 27 heavy (non-hydrogen) atoms. The molecule has 5 rings (SSSR count). The smallest absolute Gasteiger partial charge is 0.352 e. The van der Waals surface area contributed by atoms with E-state index in [0.717, 1.165) is 6.42 Å². The number of hydrogen-bond donors (Lipinski definition) is 3. The van der Waals surface area contributed by atoms with Gasteiger partial charge in [0.2, 0.25) is 5.16 Å². The Hall–Kier alpha value is -2.28. The Kier molecular flexibility index (Phi) is 3.82. The van der Waals surface area contributed by atoms with E-state index in [0.29, 0.717) is 40.3 Å². The Labute approximate surface area is 162 Å². The average Bonchev–Trinajstić information content (AvgIpc) is 3.05. The van der Waals surface area contributed by atoms with Gasteiger partial charge in [0.05, 0.1) is 12.1 Å². The summed E-state index contributed by atoms with van der Waals surface area (Å²) in [5.41, 5.74) is 0.757. The molecule has 13 heteroatoms. The van der Waals surface area contributed by atoms with Crippen molar-refractivity contribution in [3.8, 4) is 0 Å². The Morgan fingerprint density at radius 1 is 1.44 bits per heavy atom. The summed E-state index contributed by atoms with van der Waals surface area (Å²) in [7, 11) is 1.72. The number of tetrazole rings is 1. The van der Waals surface area contributed by atoms with E-state index in [1.54, 1.807) is 18.8 Å². The van der Waals surface area contributed by atoms with Crippen LogP contribution in [0.3, 0.4) is 0 Å². The second-order valence-corrected chi connectivity index (χ2v) is 8.75. The number of amides is 1. The number of aryl methyl sites for hydroxylation is 1. The van der Waals surface area contributed by atoms with Crippen LogP contribution in [0.15, 0.2) is 21.4 Å². The Balaban J connectivity index is 1.34. The molecule has 1 aromatic heterocycles. The van der Waals surface area contributed by atoms with Crippen LogP contribution in [-0.2, 0) is 16.6 Å². The van der Waals surface area contributed by atoms with Gasteiger partial charge in [0.15, 0.2) is 12.0 Å². The van der Waals surface area contributed by atoms with E-state index >= 15 is 0 Å². The predicted molar refractivity (Wildman–Crippen MR) is 97.0 cm³/mol. The monoisotopic (exact) mass is 408 g/mol. The highest BCUT2D eigenvalue weighted by Gasteiger charge is 2.54. The molecule has 1 aliphatic carbocycles. The third-order valence-electron chi connectivity index (χ3n) is 4.88. The number of nitrogens with one attached hydrogen (secondary N) is 2. The lowest BCUT2D eigenvalue weighted by molar-refractivity contribution is -0.147. The number of nitrogens with zero attached hydrogens (tertiary/aromatic N) is 6. The van der Waals surface area contributed by atoms with Crippen LogP contribution in [0.25, 0.3) is 0 Å². The Morgan fingerprint density at radius 2 is 2.22 bits per heavy atom. The first kappa shape index (κ1) is 16.9. The van der Waals surface area contributed by atoms with Crippen molar-refractivity contribution in [2.75, 3.05) is 11.5 Å². The van der Waals surface area contributed by atoms with Crippen molar-refractivity contribution in [2.24, 2.45) is 12.0 Å². The van der Waals surface area contributed by atoms with Gasteiger partial charge in [0.1, 0.15) is 11.1 Å². The lowest BCUT2D eigenvalue weighted by atomic mass is 10.0. The standard InChI is InChI=1S/C14H16N8O3S2/c1-21-14(18-19-20-21)27-4-5-3-26-11-8(10(23)22(11)9(5)12(24)25)17-13-15-6-2-7(6)16-13/h6-8,11H,2-4H2,1H3,(H,24,25)(H2,15,16,17)/t6?,7?,8?,11-/m1/s1. The van der Waals surface area contributed by atoms with Gasteiger partial charge in [-0.2, -0.15) is 0 Å². The fourth-order valence-corrected chi connectivity index (χ4v) is 5.69. The van der Waals surface area contributed by atoms with E-state index in [1.165, 1.54) is 21.3 Å². The van der Waals surface area contributed by atoms with Gasteiger partial charge in [-0.05, 0) is 22.4 Å². The molecule has 3 aliphatic heterocycles. The number of carbonyl (C=O) groups excluding carboxylic acids is 1. The highest BCUT2D eigenvalue weighted by Crippen LogP contribution is 2.43. The molecule has 0 bridgehead atoms. The maximum absolute atomic E-state index is 12.6. The molecule has 3 unspecified atom stereocenters. The highest BCUT2D eigenvalue weighted by molar-refractivity contribution is 8.01. The van der Waals surface area contributed by atoms with Crippen molar-refractivity contribution in [3.05, 3.63) is 11.3 Å². The molecular weight excluding hydrogens is 392 g/mol. The van der Waals surface area contributed by atoms with Crippen LogP contribution in [0, 0.1) is 0 Å². The third-order valence-corrected chi connectivity index (χ3v) is 7.30. The van der Waals surface area contributed by atoms with Crippen LogP contribution in [0.4, 0.5) is 0 Å². The van der Waals surface area contributed by atoms with Gasteiger partial charge in [-0.15, -0.1) is 16.9 Å². The minimum absolute atomic E-state index is 0.0676. The normalized spacial score (nSPS) is 30.9. The van der Waals surface area contributed by atoms with E-state index in [1.807, 2.05) is 0 Å². The maximum Gasteiger partial charge on any atom is 0.352 e. The van der Waals surface area contributed by atoms with E-state index in [-0.39, 0.29) is 17.0 Å². The highest BCUT2D eigenvalue weighted by atomic mass is 32.2. The quantitative estimate of drug-likeness (QED) is 0.394. The number of hydrogen-bond acceptors (Lipinski definition) is 8. The number of fused-ring (bicyclic) bond motifs is 2. The molecule has 1 saturated carbocycles. The minimum Gasteiger partial charge on any atom is -0.477 e. The zero-order chi connectivity index (χ0) is 18.7. The number of aliphatic carboxylic acids is 1. The number of aliphatic imine (C=N–C) groups is 1. The van der Waals surface area contributed by atoms with Crippen molar-refractivity contribution in [1.82, 2.24) is 35.7 Å². The van der Waals surface area contributed by atoms with Gasteiger partial charge in [-0.25, -0.2) is 14.5 Å². The van der Waals surface area contributed by atoms with Crippen molar-refractivity contribution < 1.29 is 14.7 Å². The number of carboxylic acid groups (broad SMARTS) is 1. The lowest BCUT2D eigenvalue weighted by Gasteiger charge is -2.47. The first-order valence-electron chi connectivity index (χ1n) is 8.39. The first-order valence-corrected chi connectivity index (χ1v) is 10.4. The average molecular weight is 408 g/mol. The van der Waals surface area contributed by atoms with Crippen molar-refractivity contribution >= 4 is 41.4 Å². The summed E-state index contributed by atoms with van der Waals surface area (Å²) in [5.74, 6) is 0.216. The second-order valence-electron chi connectivity index (χ2n) is 6.70. The van der Waals surface area contributed by atoms with Crippen LogP contribution < -0.4 is 10.6 Å². The zero-order valence-corrected chi connectivity index (χ0v) is 15.8. The molecule has 2 saturated heterocycles. The zero-order valence-electron chi connectivity index (χ0n) is 14.2. The van der Waals surface area contributed by atoms with Crippen LogP contribution in [0.5, 0.6) is 0 Å². The number of thioether (sulfide) groups is 2. The molecule has 11 nitrogen and oxygen atoms in total. The van der Waals surface area contributed by atoms with Gasteiger partial charge in [-0.3, -0.25) is 9.69 Å². The molecule has 3 N–H and O–H groups in total. The van der Waals surface area contributed by atoms with E-state index in [9.17, 15) is 14.7 Å². The molecule has 4 atom stereocenters. The first-order chi connectivity index (χ1) is 13.0. The molecular formula is C14H16N8O3S2. The molecule has 0 aromatic carbocycles. The van der Waals surface area contributed by atoms with Crippen LogP contribution in [0.1, 0.15) is 6.42 Å². The summed E-state index contributed by atoms with van der Waals surface area (Å²) >= 11 is 2.89. The van der Waals surface area contributed by atoms with Gasteiger partial charge in [-0.1, -0.05) is 11.8 Å². The van der Waals surface area contributed by atoms with E-state index in [4.69, 9.17) is 0 Å². The Bertz CT molecular complexity index is 887. The van der Waals surface area contributed by atoms with Crippen molar-refractivity contribution in [2.45, 2.75) is 35.1 Å². The van der Waals surface area contributed by atoms with Gasteiger partial charge in [0, 0.05) is 18.6 Å². The van der Waals surface area contributed by atoms with Crippen LogP contribution in [0.2, 0.25) is 0 Å². The van der Waals surface area contributed by atoms with Gasteiger partial charge in [0.25, 0.3) is 5.91 Å². The number of rotatable bonds is 5. The topological polar surface area (TPSA) is 138 Å². The van der Waals surface area contributed by atoms with Crippen LogP contribution in [-0.4, -0.2) is 83.1 Å². The molecule has 3 fully saturated rings. The predicted octanol–water partition coefficient (Wildman–Crippen LogP) is -1.39. The molecule has 0 radical (unpaired) electrons. The largest absolute Gasteiger partial charge is 0.477 e. The Morgan fingerprint density at radius 3 is 2.89 bits per heavy atom. The number of aromatic nitrogens is 4. The fraction of sp³-hybridized carbons (Fsp3) is 0.571. The number of β-lactam (4-membered cyclic amide) rings is 1. The molecule has 4 aliphatic rings. The fourth-order valence-electron chi connectivity index (χ4n) is 3.38. The molecule has 4 heterocycles. The minimum atomic E-state index is -1.09. The van der Waals surface area contributed by atoms with Crippen LogP contribution >= 0.6 is 23.5 Å². The number of carbonyl (C=O) groups is 2. The molecule has 142 valence electrons. The summed E-state index contributed by atoms with van der Waals surface area (Å²) in [6.45, 7) is 0. The molecule has 1 aromatic rings. The SMILES string of the molecule is Cn1nnnc1SCC1=C(C(=O)O)N2C(=O)C(N=C3NC4CC4N3)[C@H]2SC1. The summed E-state index contributed by atoms with van der Waals surface area (Å²) in [6, 6.07) is 0.290. The summed E-state index contributed by atoms with van der Waals surface area (Å²) in [6.07, 6.45) is 1.08. The van der Waals surface area contributed by atoms with Gasteiger partial charge < -0.3 is 15.7 Å². The second kappa shape index (κ2) is 6.12. The molecule has 0 spiro atoms. The molecule has 1 amide bonds. The summed E-state index contributed by atoms with van der Waals surface area (Å²) in [4.78, 5) is 30.3.